The van der Waals surface area contributed by atoms with E-state index < -0.39 is 34.2 Å². The molecule has 0 aromatic heterocycles. The van der Waals surface area contributed by atoms with E-state index in [1.165, 1.54) is 0 Å². The Hall–Kier alpha value is 0.508. The Morgan fingerprint density at radius 2 is 0.581 bits per heavy atom. The molecule has 9 nitrogen and oxygen atoms in total. The largest absolute Gasteiger partial charge is 0.415 e. The molecule has 0 fully saturated rings. The molecule has 13 heteroatoms. The van der Waals surface area contributed by atoms with Crippen molar-refractivity contribution >= 4 is 34.2 Å². The predicted octanol–water partition coefficient (Wildman–Crippen LogP) is 7.88. The minimum Gasteiger partial charge on any atom is -0.415 e. The molecule has 4 atom stereocenters. The minimum atomic E-state index is -3.06. The Bertz CT molecular complexity index is 651. The zero-order valence-corrected chi connectivity index (χ0v) is 34.5. The summed E-state index contributed by atoms with van der Waals surface area (Å²) in [5, 5.41) is 0. The average molecular weight is 687 g/mol. The van der Waals surface area contributed by atoms with E-state index in [9.17, 15) is 0 Å². The van der Waals surface area contributed by atoms with E-state index >= 15 is 0 Å². The fraction of sp³-hybridized carbons (Fsp3) is 1.00. The van der Waals surface area contributed by atoms with Gasteiger partial charge in [0.05, 0.1) is 0 Å². The second-order valence-corrected chi connectivity index (χ2v) is 28.7. The fourth-order valence-corrected chi connectivity index (χ4v) is 27.5. The van der Waals surface area contributed by atoms with Crippen LogP contribution in [0.1, 0.15) is 83.1 Å². The first-order valence-electron chi connectivity index (χ1n) is 16.8. The van der Waals surface area contributed by atoms with Gasteiger partial charge in [-0.1, -0.05) is 55.4 Å². The van der Waals surface area contributed by atoms with E-state index in [2.05, 4.69) is 55.4 Å². The van der Waals surface area contributed by atoms with Gasteiger partial charge in [0.25, 0.3) is 0 Å². The highest BCUT2D eigenvalue weighted by Gasteiger charge is 2.60. The van der Waals surface area contributed by atoms with Crippen LogP contribution in [0, 0.1) is 0 Å². The third kappa shape index (κ3) is 13.3. The van der Waals surface area contributed by atoms with Gasteiger partial charge in [-0.25, -0.2) is 0 Å². The quantitative estimate of drug-likeness (QED) is 0.0603. The summed E-state index contributed by atoms with van der Waals surface area (Å²) in [4.78, 5) is 0. The van der Waals surface area contributed by atoms with Crippen LogP contribution < -0.4 is 0 Å². The van der Waals surface area contributed by atoms with Gasteiger partial charge in [-0.15, -0.1) is 0 Å². The minimum absolute atomic E-state index is 0.128. The molecule has 0 amide bonds. The summed E-state index contributed by atoms with van der Waals surface area (Å²) in [6, 6.07) is 2.86. The lowest BCUT2D eigenvalue weighted by Crippen LogP contribution is -2.67. The summed E-state index contributed by atoms with van der Waals surface area (Å²) in [6.45, 7) is 30.8. The monoisotopic (exact) mass is 686 g/mol. The van der Waals surface area contributed by atoms with E-state index in [-0.39, 0.29) is 22.2 Å². The van der Waals surface area contributed by atoms with Crippen molar-refractivity contribution in [1.29, 1.82) is 0 Å². The maximum absolute atomic E-state index is 7.77. The van der Waals surface area contributed by atoms with E-state index in [1.807, 2.05) is 27.7 Å². The Labute approximate surface area is 270 Å². The van der Waals surface area contributed by atoms with Crippen LogP contribution in [0.3, 0.4) is 0 Å². The first kappa shape index (κ1) is 43.5. The summed E-state index contributed by atoms with van der Waals surface area (Å²) in [5.74, 6) is 0. The standard InChI is InChI=1S/C30H70O9Si4/c1-15-33-19-23-40(31-13,27(5)6)37-42(29(9)10,25-21-35-17-3)39-43(30(11)12,26-22-36-18-4)38-41(32-14,28(7)8)24-20-34-16-2/h27-30H,15-26H2,1-14H3. The Morgan fingerprint density at radius 1 is 0.372 bits per heavy atom. The zero-order valence-electron chi connectivity index (χ0n) is 30.5. The molecule has 4 unspecified atom stereocenters. The van der Waals surface area contributed by atoms with Crippen LogP contribution in [0.2, 0.25) is 46.3 Å². The molecule has 0 aliphatic heterocycles. The maximum Gasteiger partial charge on any atom is 0.334 e. The molecule has 0 bridgehead atoms. The third-order valence-corrected chi connectivity index (χ3v) is 28.8. The maximum atomic E-state index is 7.77. The highest BCUT2D eigenvalue weighted by Crippen LogP contribution is 2.44. The van der Waals surface area contributed by atoms with Crippen molar-refractivity contribution in [1.82, 2.24) is 0 Å². The van der Waals surface area contributed by atoms with Crippen LogP contribution in [0.4, 0.5) is 0 Å². The third-order valence-electron chi connectivity index (χ3n) is 8.44. The van der Waals surface area contributed by atoms with Crippen LogP contribution in [0.25, 0.3) is 0 Å². The Kier molecular flexibility index (Phi) is 22.4. The Morgan fingerprint density at radius 3 is 0.767 bits per heavy atom. The molecular weight excluding hydrogens is 617 g/mol. The van der Waals surface area contributed by atoms with Crippen LogP contribution in [0.15, 0.2) is 0 Å². The molecule has 0 aromatic rings. The van der Waals surface area contributed by atoms with Gasteiger partial charge in [0.15, 0.2) is 0 Å². The van der Waals surface area contributed by atoms with E-state index in [0.717, 1.165) is 12.1 Å². The van der Waals surface area contributed by atoms with Crippen molar-refractivity contribution < 1.29 is 40.1 Å². The lowest BCUT2D eigenvalue weighted by atomic mass is 10.6. The number of hydrogen-bond donors (Lipinski definition) is 0. The van der Waals surface area contributed by atoms with Gasteiger partial charge in [0, 0.05) is 91.3 Å². The second kappa shape index (κ2) is 22.1. The highest BCUT2D eigenvalue weighted by molar-refractivity contribution is 6.91. The molecule has 0 aliphatic rings. The molecule has 0 spiro atoms. The molecule has 260 valence electrons. The van der Waals surface area contributed by atoms with Gasteiger partial charge in [-0.2, -0.15) is 0 Å². The van der Waals surface area contributed by atoms with Gasteiger partial charge in [0.2, 0.25) is 0 Å². The molecular formula is C30H70O9Si4. The van der Waals surface area contributed by atoms with Crippen molar-refractivity contribution in [2.24, 2.45) is 0 Å². The lowest BCUT2D eigenvalue weighted by molar-refractivity contribution is 0.131. The summed E-state index contributed by atoms with van der Waals surface area (Å²) >= 11 is 0. The first-order chi connectivity index (χ1) is 20.3. The van der Waals surface area contributed by atoms with Crippen LogP contribution in [-0.4, -0.2) is 101 Å². The smallest absolute Gasteiger partial charge is 0.334 e. The molecule has 0 saturated heterocycles. The van der Waals surface area contributed by atoms with Crippen molar-refractivity contribution in [3.63, 3.8) is 0 Å². The Balaban J connectivity index is 7.25. The van der Waals surface area contributed by atoms with Crippen molar-refractivity contribution in [2.75, 3.05) is 67.1 Å². The summed E-state index contributed by atoms with van der Waals surface area (Å²) < 4.78 is 59.4. The molecule has 0 aromatic carbocycles. The van der Waals surface area contributed by atoms with Gasteiger partial charge < -0.3 is 40.1 Å². The first-order valence-corrected chi connectivity index (χ1v) is 25.2. The number of hydrogen-bond acceptors (Lipinski definition) is 9. The second-order valence-electron chi connectivity index (χ2n) is 12.4. The molecule has 0 aliphatic carbocycles. The van der Waals surface area contributed by atoms with E-state index in [0.29, 0.717) is 64.9 Å². The SMILES string of the molecule is CCOCC[Si](OC)(O[Si](CCOCC)(O[Si](CCOCC)(O[Si](CCOCC)(OC)C(C)C)C(C)C)C(C)C)C(C)C. The summed E-state index contributed by atoms with van der Waals surface area (Å²) in [6.07, 6.45) is 0. The van der Waals surface area contributed by atoms with Crippen LogP contribution in [0.5, 0.6) is 0 Å². The molecule has 0 rings (SSSR count). The van der Waals surface area contributed by atoms with Gasteiger partial charge in [0.1, 0.15) is 0 Å². The van der Waals surface area contributed by atoms with Crippen molar-refractivity contribution in [3.8, 4) is 0 Å². The van der Waals surface area contributed by atoms with Gasteiger partial charge >= 0.3 is 34.2 Å². The van der Waals surface area contributed by atoms with E-state index in [1.54, 1.807) is 14.2 Å². The number of rotatable bonds is 28. The van der Waals surface area contributed by atoms with Crippen molar-refractivity contribution in [3.05, 3.63) is 0 Å². The molecule has 0 radical (unpaired) electrons. The average Bonchev–Trinajstić information content (AvgIpc) is 2.95. The lowest BCUT2D eigenvalue weighted by Gasteiger charge is -2.51. The predicted molar refractivity (Wildman–Crippen MR) is 186 cm³/mol. The number of ether oxygens (including phenoxy) is 4. The van der Waals surface area contributed by atoms with E-state index in [4.69, 9.17) is 40.1 Å². The fourth-order valence-electron chi connectivity index (χ4n) is 5.28. The molecule has 0 heterocycles. The molecule has 43 heavy (non-hydrogen) atoms. The van der Waals surface area contributed by atoms with Crippen LogP contribution in [-0.2, 0) is 40.1 Å². The van der Waals surface area contributed by atoms with Gasteiger partial charge in [-0.05, 0) is 49.9 Å². The topological polar surface area (TPSA) is 83.1 Å². The highest BCUT2D eigenvalue weighted by atomic mass is 28.5. The molecule has 0 saturated carbocycles. The van der Waals surface area contributed by atoms with Crippen LogP contribution >= 0.6 is 0 Å². The summed E-state index contributed by atoms with van der Waals surface area (Å²) in [7, 11) is -8.08. The normalized spacial score (nSPS) is 18.3. The summed E-state index contributed by atoms with van der Waals surface area (Å²) in [5.41, 5.74) is 0.660. The van der Waals surface area contributed by atoms with Gasteiger partial charge in [-0.3, -0.25) is 0 Å². The van der Waals surface area contributed by atoms with Crippen molar-refractivity contribution in [2.45, 2.75) is 129 Å². The molecule has 0 N–H and O–H groups in total. The zero-order chi connectivity index (χ0) is 33.2.